The van der Waals surface area contributed by atoms with Crippen molar-refractivity contribution in [1.82, 2.24) is 10.2 Å². The molecule has 0 aliphatic carbocycles. The first-order valence-corrected chi connectivity index (χ1v) is 8.73. The molecule has 3 aromatic rings. The number of anilines is 3. The second kappa shape index (κ2) is 6.41. The number of nitrogens with zero attached hydrogens (tertiary/aromatic N) is 3. The molecule has 0 atom stereocenters. The zero-order valence-corrected chi connectivity index (χ0v) is 13.8. The smallest absolute Gasteiger partial charge is 0.266 e. The SMILES string of the molecule is O=C(Nc1ccc(N2CCCc3ccccc32)nn1)c1cccs1. The normalized spacial score (nSPS) is 13.4. The van der Waals surface area contributed by atoms with E-state index in [1.165, 1.54) is 22.6 Å². The molecule has 1 amide bonds. The van der Waals surface area contributed by atoms with Crippen LogP contribution in [0.25, 0.3) is 0 Å². The minimum absolute atomic E-state index is 0.157. The van der Waals surface area contributed by atoms with Crippen LogP contribution in [0.15, 0.2) is 53.9 Å². The first kappa shape index (κ1) is 14.8. The Morgan fingerprint density at radius 3 is 2.79 bits per heavy atom. The molecular formula is C18H16N4OS. The van der Waals surface area contributed by atoms with Crippen molar-refractivity contribution in [2.75, 3.05) is 16.8 Å². The molecule has 3 heterocycles. The molecule has 4 rings (SSSR count). The molecule has 0 spiro atoms. The van der Waals surface area contributed by atoms with Gasteiger partial charge in [0, 0.05) is 12.2 Å². The predicted molar refractivity (Wildman–Crippen MR) is 96.1 cm³/mol. The molecule has 0 saturated carbocycles. The average molecular weight is 336 g/mol. The minimum atomic E-state index is -0.157. The van der Waals surface area contributed by atoms with Gasteiger partial charge in [-0.2, -0.15) is 0 Å². The third kappa shape index (κ3) is 2.88. The van der Waals surface area contributed by atoms with Crippen LogP contribution in [0, 0.1) is 0 Å². The van der Waals surface area contributed by atoms with Crippen LogP contribution in [0.4, 0.5) is 17.3 Å². The monoisotopic (exact) mass is 336 g/mol. The van der Waals surface area contributed by atoms with Crippen LogP contribution in [0.3, 0.4) is 0 Å². The van der Waals surface area contributed by atoms with Gasteiger partial charge in [-0.15, -0.1) is 21.5 Å². The van der Waals surface area contributed by atoms with E-state index in [4.69, 9.17) is 0 Å². The first-order chi connectivity index (χ1) is 11.8. The Morgan fingerprint density at radius 2 is 2.00 bits per heavy atom. The number of hydrogen-bond acceptors (Lipinski definition) is 5. The first-order valence-electron chi connectivity index (χ1n) is 7.85. The Hall–Kier alpha value is -2.73. The zero-order chi connectivity index (χ0) is 16.4. The lowest BCUT2D eigenvalue weighted by molar-refractivity contribution is 0.103. The van der Waals surface area contributed by atoms with Gasteiger partial charge in [0.15, 0.2) is 11.6 Å². The maximum absolute atomic E-state index is 12.0. The van der Waals surface area contributed by atoms with Gasteiger partial charge < -0.3 is 10.2 Å². The molecule has 5 nitrogen and oxygen atoms in total. The number of rotatable bonds is 3. The van der Waals surface area contributed by atoms with Gasteiger partial charge in [0.05, 0.1) is 4.88 Å². The van der Waals surface area contributed by atoms with Gasteiger partial charge in [0.2, 0.25) is 0 Å². The maximum Gasteiger partial charge on any atom is 0.266 e. The van der Waals surface area contributed by atoms with E-state index in [9.17, 15) is 4.79 Å². The van der Waals surface area contributed by atoms with Crippen molar-refractivity contribution in [2.24, 2.45) is 0 Å². The average Bonchev–Trinajstić information content (AvgIpc) is 3.17. The van der Waals surface area contributed by atoms with Gasteiger partial charge in [-0.1, -0.05) is 24.3 Å². The summed E-state index contributed by atoms with van der Waals surface area (Å²) < 4.78 is 0. The number of aromatic nitrogens is 2. The van der Waals surface area contributed by atoms with E-state index in [1.807, 2.05) is 23.6 Å². The van der Waals surface area contributed by atoms with Crippen LogP contribution in [-0.2, 0) is 6.42 Å². The standard InChI is InChI=1S/C18H16N4OS/c23-18(15-8-4-12-24-15)19-16-9-10-17(21-20-16)22-11-3-6-13-5-1-2-7-14(13)22/h1-2,4-5,7-10,12H,3,6,11H2,(H,19,20,23). The summed E-state index contributed by atoms with van der Waals surface area (Å²) in [5.41, 5.74) is 2.52. The fraction of sp³-hybridized carbons (Fsp3) is 0.167. The molecule has 0 unspecified atom stereocenters. The summed E-state index contributed by atoms with van der Waals surface area (Å²) in [4.78, 5) is 14.9. The molecule has 1 aliphatic heterocycles. The van der Waals surface area contributed by atoms with Crippen LogP contribution in [0.1, 0.15) is 21.7 Å². The Kier molecular flexibility index (Phi) is 3.96. The van der Waals surface area contributed by atoms with E-state index in [0.29, 0.717) is 10.7 Å². The molecule has 1 aromatic carbocycles. The topological polar surface area (TPSA) is 58.1 Å². The van der Waals surface area contributed by atoms with E-state index in [0.717, 1.165) is 25.2 Å². The van der Waals surface area contributed by atoms with Gasteiger partial charge in [0.25, 0.3) is 5.91 Å². The van der Waals surface area contributed by atoms with Crippen molar-refractivity contribution in [3.63, 3.8) is 0 Å². The van der Waals surface area contributed by atoms with E-state index in [1.54, 1.807) is 12.1 Å². The van der Waals surface area contributed by atoms with Crippen molar-refractivity contribution >= 4 is 34.6 Å². The lowest BCUT2D eigenvalue weighted by Gasteiger charge is -2.29. The Bertz CT molecular complexity index is 846. The van der Waals surface area contributed by atoms with Crippen LogP contribution in [0.5, 0.6) is 0 Å². The summed E-state index contributed by atoms with van der Waals surface area (Å²) in [7, 11) is 0. The number of carbonyl (C=O) groups is 1. The summed E-state index contributed by atoms with van der Waals surface area (Å²) in [6.07, 6.45) is 2.19. The minimum Gasteiger partial charge on any atom is -0.325 e. The highest BCUT2D eigenvalue weighted by Gasteiger charge is 2.19. The summed E-state index contributed by atoms with van der Waals surface area (Å²) in [5, 5.41) is 13.1. The number of fused-ring (bicyclic) bond motifs is 1. The lowest BCUT2D eigenvalue weighted by atomic mass is 10.0. The Balaban J connectivity index is 1.54. The highest BCUT2D eigenvalue weighted by Crippen LogP contribution is 2.32. The molecule has 6 heteroatoms. The molecule has 24 heavy (non-hydrogen) atoms. The number of benzene rings is 1. The summed E-state index contributed by atoms with van der Waals surface area (Å²) in [5.74, 6) is 1.11. The van der Waals surface area contributed by atoms with Gasteiger partial charge in [-0.3, -0.25) is 4.79 Å². The van der Waals surface area contributed by atoms with Gasteiger partial charge in [-0.25, -0.2) is 0 Å². The van der Waals surface area contributed by atoms with Crippen LogP contribution < -0.4 is 10.2 Å². The molecule has 0 fully saturated rings. The summed E-state index contributed by atoms with van der Waals surface area (Å²) >= 11 is 1.40. The molecular weight excluding hydrogens is 320 g/mol. The zero-order valence-electron chi connectivity index (χ0n) is 13.0. The molecule has 120 valence electrons. The second-order valence-corrected chi connectivity index (χ2v) is 6.54. The predicted octanol–water partition coefficient (Wildman–Crippen LogP) is 3.87. The van der Waals surface area contributed by atoms with Gasteiger partial charge in [0.1, 0.15) is 0 Å². The quantitative estimate of drug-likeness (QED) is 0.789. The number of thiophene rings is 1. The highest BCUT2D eigenvalue weighted by atomic mass is 32.1. The molecule has 1 aliphatic rings. The number of hydrogen-bond donors (Lipinski definition) is 1. The van der Waals surface area contributed by atoms with E-state index in [2.05, 4.69) is 38.6 Å². The Labute approximate surface area is 144 Å². The van der Waals surface area contributed by atoms with E-state index < -0.39 is 0 Å². The van der Waals surface area contributed by atoms with Crippen molar-refractivity contribution in [3.05, 3.63) is 64.4 Å². The van der Waals surface area contributed by atoms with Crippen LogP contribution >= 0.6 is 11.3 Å². The lowest BCUT2D eigenvalue weighted by Crippen LogP contribution is -2.25. The summed E-state index contributed by atoms with van der Waals surface area (Å²) in [6.45, 7) is 0.923. The van der Waals surface area contributed by atoms with Crippen LogP contribution in [-0.4, -0.2) is 22.6 Å². The maximum atomic E-state index is 12.0. The fourth-order valence-corrected chi connectivity index (χ4v) is 3.51. The molecule has 0 radical (unpaired) electrons. The number of amides is 1. The van der Waals surface area contributed by atoms with Gasteiger partial charge in [-0.05, 0) is 48.1 Å². The summed E-state index contributed by atoms with van der Waals surface area (Å²) in [6, 6.07) is 15.7. The van der Waals surface area contributed by atoms with Crippen molar-refractivity contribution in [1.29, 1.82) is 0 Å². The molecule has 1 N–H and O–H groups in total. The third-order valence-corrected chi connectivity index (χ3v) is 4.89. The van der Waals surface area contributed by atoms with E-state index in [-0.39, 0.29) is 5.91 Å². The molecule has 2 aromatic heterocycles. The molecule has 0 bridgehead atoms. The van der Waals surface area contributed by atoms with Crippen molar-refractivity contribution in [3.8, 4) is 0 Å². The van der Waals surface area contributed by atoms with E-state index >= 15 is 0 Å². The highest BCUT2D eigenvalue weighted by molar-refractivity contribution is 7.12. The largest absolute Gasteiger partial charge is 0.325 e. The third-order valence-electron chi connectivity index (χ3n) is 4.02. The number of para-hydroxylation sites is 1. The number of nitrogens with one attached hydrogen (secondary N) is 1. The fourth-order valence-electron chi connectivity index (χ4n) is 2.89. The van der Waals surface area contributed by atoms with Crippen molar-refractivity contribution in [2.45, 2.75) is 12.8 Å². The van der Waals surface area contributed by atoms with Crippen molar-refractivity contribution < 1.29 is 4.79 Å². The van der Waals surface area contributed by atoms with Gasteiger partial charge >= 0.3 is 0 Å². The Morgan fingerprint density at radius 1 is 1.08 bits per heavy atom. The second-order valence-electron chi connectivity index (χ2n) is 5.59. The molecule has 0 saturated heterocycles. The van der Waals surface area contributed by atoms with Crippen LogP contribution in [0.2, 0.25) is 0 Å². The number of aryl methyl sites for hydroxylation is 1. The number of carbonyl (C=O) groups excluding carboxylic acids is 1.